The van der Waals surface area contributed by atoms with Gasteiger partial charge in [0.1, 0.15) is 0 Å². The molecule has 4 heteroatoms. The third-order valence-corrected chi connectivity index (χ3v) is 15.0. The number of nitrogens with one attached hydrogen (secondary N) is 1. The predicted octanol–water partition coefficient (Wildman–Crippen LogP) is 23.2. The van der Waals surface area contributed by atoms with Crippen molar-refractivity contribution in [2.75, 3.05) is 6.61 Å². The molecule has 0 heterocycles. The van der Waals surface area contributed by atoms with E-state index in [4.69, 9.17) is 0 Å². The second-order valence-corrected chi connectivity index (χ2v) is 22.5. The molecule has 4 nitrogen and oxygen atoms in total. The molecule has 0 aromatic heterocycles. The molecule has 78 heavy (non-hydrogen) atoms. The van der Waals surface area contributed by atoms with Crippen LogP contribution in [0.15, 0.2) is 122 Å². The molecule has 1 amide bonds. The average molecular weight is 1080 g/mol. The van der Waals surface area contributed by atoms with Crippen LogP contribution in [0.5, 0.6) is 0 Å². The van der Waals surface area contributed by atoms with E-state index in [9.17, 15) is 15.0 Å². The summed E-state index contributed by atoms with van der Waals surface area (Å²) in [7, 11) is 0. The van der Waals surface area contributed by atoms with Crippen molar-refractivity contribution < 1.29 is 15.0 Å². The highest BCUT2D eigenvalue weighted by atomic mass is 16.3. The zero-order chi connectivity index (χ0) is 56.2. The highest BCUT2D eigenvalue weighted by Crippen LogP contribution is 2.18. The van der Waals surface area contributed by atoms with Crippen LogP contribution < -0.4 is 5.32 Å². The quantitative estimate of drug-likeness (QED) is 0.0420. The maximum Gasteiger partial charge on any atom is 0.220 e. The fourth-order valence-corrected chi connectivity index (χ4v) is 9.92. The van der Waals surface area contributed by atoms with E-state index in [1.54, 1.807) is 0 Å². The van der Waals surface area contributed by atoms with E-state index in [1.807, 2.05) is 0 Å². The summed E-state index contributed by atoms with van der Waals surface area (Å²) < 4.78 is 0. The second-order valence-electron chi connectivity index (χ2n) is 22.5. The molecule has 0 rings (SSSR count). The van der Waals surface area contributed by atoms with E-state index < -0.39 is 12.1 Å². The molecule has 0 saturated heterocycles. The van der Waals surface area contributed by atoms with Gasteiger partial charge in [-0.1, -0.05) is 347 Å². The van der Waals surface area contributed by atoms with Gasteiger partial charge in [-0.05, 0) is 89.9 Å². The first-order valence-electron chi connectivity index (χ1n) is 33.7. The Kier molecular flexibility index (Phi) is 65.3. The Bertz CT molecular complexity index is 1510. The largest absolute Gasteiger partial charge is 0.394 e. The smallest absolute Gasteiger partial charge is 0.220 e. The van der Waals surface area contributed by atoms with Crippen LogP contribution in [0.2, 0.25) is 0 Å². The highest BCUT2D eigenvalue weighted by Gasteiger charge is 2.20. The Morgan fingerprint density at radius 2 is 0.564 bits per heavy atom. The Morgan fingerprint density at radius 1 is 0.321 bits per heavy atom. The number of hydrogen-bond acceptors (Lipinski definition) is 3. The molecule has 2 unspecified atom stereocenters. The minimum Gasteiger partial charge on any atom is -0.394 e. The summed E-state index contributed by atoms with van der Waals surface area (Å²) in [5, 5.41) is 23.4. The second kappa shape index (κ2) is 68.1. The number of rotatable bonds is 61. The molecule has 0 aliphatic heterocycles. The molecule has 0 saturated carbocycles. The SMILES string of the molecule is CC/C=C\C/C=C\C/C=C\C/C=C\C/C=C\C/C=C\C/C=C\C/C=C\C/C=C\C/C=C\CCCCCCC(=O)NC(CO)C(O)CCCCCCCCCCCCCCCCCCCCCCCCCCCCCCCCC. The Morgan fingerprint density at radius 3 is 0.846 bits per heavy atom. The van der Waals surface area contributed by atoms with Crippen molar-refractivity contribution in [2.24, 2.45) is 0 Å². The van der Waals surface area contributed by atoms with Gasteiger partial charge < -0.3 is 15.5 Å². The molecule has 0 fully saturated rings. The van der Waals surface area contributed by atoms with Gasteiger partial charge >= 0.3 is 0 Å². The van der Waals surface area contributed by atoms with Gasteiger partial charge in [0, 0.05) is 6.42 Å². The zero-order valence-electron chi connectivity index (χ0n) is 51.7. The molecule has 3 N–H and O–H groups in total. The van der Waals surface area contributed by atoms with Gasteiger partial charge in [0.25, 0.3) is 0 Å². The average Bonchev–Trinajstić information content (AvgIpc) is 3.44. The topological polar surface area (TPSA) is 69.6 Å². The van der Waals surface area contributed by atoms with E-state index >= 15 is 0 Å². The van der Waals surface area contributed by atoms with Crippen molar-refractivity contribution in [1.29, 1.82) is 0 Å². The zero-order valence-corrected chi connectivity index (χ0v) is 51.7. The summed E-state index contributed by atoms with van der Waals surface area (Å²) in [6, 6.07) is -0.562. The number of allylic oxidation sites excluding steroid dienone is 20. The van der Waals surface area contributed by atoms with Gasteiger partial charge in [0.15, 0.2) is 0 Å². The first-order chi connectivity index (χ1) is 38.7. The predicted molar refractivity (Wildman–Crippen MR) is 349 cm³/mol. The molecule has 0 spiro atoms. The van der Waals surface area contributed by atoms with Gasteiger partial charge in [-0.2, -0.15) is 0 Å². The molecule has 448 valence electrons. The number of aliphatic hydroxyl groups excluding tert-OH is 2. The first-order valence-corrected chi connectivity index (χ1v) is 33.7. The maximum absolute atomic E-state index is 12.5. The van der Waals surface area contributed by atoms with Crippen LogP contribution in [0.1, 0.15) is 322 Å². The molecule has 0 aromatic carbocycles. The Hall–Kier alpha value is -3.21. The van der Waals surface area contributed by atoms with Crippen LogP contribution in [-0.2, 0) is 4.79 Å². The lowest BCUT2D eigenvalue weighted by atomic mass is 10.0. The third-order valence-electron chi connectivity index (χ3n) is 15.0. The van der Waals surface area contributed by atoms with Crippen molar-refractivity contribution in [3.8, 4) is 0 Å². The van der Waals surface area contributed by atoms with Gasteiger partial charge in [-0.15, -0.1) is 0 Å². The number of hydrogen-bond donors (Lipinski definition) is 3. The van der Waals surface area contributed by atoms with Gasteiger partial charge in [-0.3, -0.25) is 4.79 Å². The summed E-state index contributed by atoms with van der Waals surface area (Å²) in [5.74, 6) is -0.0566. The molecule has 0 radical (unpaired) electrons. The lowest BCUT2D eigenvalue weighted by molar-refractivity contribution is -0.123. The molecule has 0 aliphatic carbocycles. The standard InChI is InChI=1S/C74H129NO3/c1-3-5-7-9-11-13-15-17-19-21-23-25-27-29-31-33-35-36-37-38-40-42-44-46-48-50-52-54-56-58-60-62-64-66-68-70-74(78)75-72(71-76)73(77)69-67-65-63-61-59-57-55-53-51-49-47-45-43-41-39-34-32-30-28-26-24-22-20-18-16-14-12-10-8-6-4-2/h5,7,11,13,17,19,23,25,29,31,35-36,38,40,44,46,50,52,56,58,72-73,76-77H,3-4,6,8-10,12,14-16,18,20-22,24,26-28,30,32-34,37,39,41-43,45,47-49,51,53-55,57,59-71H2,1-2H3,(H,75,78)/b7-5-,13-11-,19-17-,25-23-,31-29-,36-35-,40-38-,46-44-,52-50-,58-56-. The molecular weight excluding hydrogens is 951 g/mol. The molecular formula is C74H129NO3. The van der Waals surface area contributed by atoms with E-state index in [-0.39, 0.29) is 12.5 Å². The molecule has 0 aromatic rings. The molecule has 0 aliphatic rings. The summed E-state index contributed by atoms with van der Waals surface area (Å²) in [6.07, 6.45) is 104. The van der Waals surface area contributed by atoms with Crippen molar-refractivity contribution in [1.82, 2.24) is 5.32 Å². The lowest BCUT2D eigenvalue weighted by Gasteiger charge is -2.22. The summed E-state index contributed by atoms with van der Waals surface area (Å²) in [5.41, 5.74) is 0. The van der Waals surface area contributed by atoms with Crippen LogP contribution in [0.25, 0.3) is 0 Å². The number of unbranched alkanes of at least 4 members (excludes halogenated alkanes) is 34. The van der Waals surface area contributed by atoms with E-state index in [0.29, 0.717) is 12.8 Å². The van der Waals surface area contributed by atoms with Crippen LogP contribution in [0.3, 0.4) is 0 Å². The van der Waals surface area contributed by atoms with Crippen LogP contribution >= 0.6 is 0 Å². The van der Waals surface area contributed by atoms with Gasteiger partial charge in [0.2, 0.25) is 5.91 Å². The number of amides is 1. The maximum atomic E-state index is 12.5. The summed E-state index contributed by atoms with van der Waals surface area (Å²) in [4.78, 5) is 12.5. The number of aliphatic hydroxyl groups is 2. The first kappa shape index (κ1) is 74.8. The van der Waals surface area contributed by atoms with Crippen LogP contribution in [-0.4, -0.2) is 34.9 Å². The monoisotopic (exact) mass is 1080 g/mol. The van der Waals surface area contributed by atoms with E-state index in [1.165, 1.54) is 186 Å². The van der Waals surface area contributed by atoms with Crippen molar-refractivity contribution in [3.63, 3.8) is 0 Å². The van der Waals surface area contributed by atoms with Crippen molar-refractivity contribution in [3.05, 3.63) is 122 Å². The highest BCUT2D eigenvalue weighted by molar-refractivity contribution is 5.76. The van der Waals surface area contributed by atoms with Gasteiger partial charge in [-0.25, -0.2) is 0 Å². The molecule has 2 atom stereocenters. The van der Waals surface area contributed by atoms with Crippen LogP contribution in [0.4, 0.5) is 0 Å². The fraction of sp³-hybridized carbons (Fsp3) is 0.716. The Labute approximate surface area is 486 Å². The number of carbonyl (C=O) groups excluding carboxylic acids is 1. The third kappa shape index (κ3) is 63.6. The minimum absolute atomic E-state index is 0.0566. The Balaban J connectivity index is 3.56. The van der Waals surface area contributed by atoms with E-state index in [2.05, 4.69) is 141 Å². The van der Waals surface area contributed by atoms with Gasteiger partial charge in [0.05, 0.1) is 18.8 Å². The molecule has 0 bridgehead atoms. The number of carbonyl (C=O) groups is 1. The lowest BCUT2D eigenvalue weighted by Crippen LogP contribution is -2.45. The summed E-state index contributed by atoms with van der Waals surface area (Å²) in [6.45, 7) is 4.26. The summed E-state index contributed by atoms with van der Waals surface area (Å²) >= 11 is 0. The fourth-order valence-electron chi connectivity index (χ4n) is 9.92. The van der Waals surface area contributed by atoms with E-state index in [0.717, 1.165) is 109 Å². The van der Waals surface area contributed by atoms with Crippen LogP contribution in [0, 0.1) is 0 Å². The normalized spacial score (nSPS) is 13.5. The minimum atomic E-state index is -0.682. The van der Waals surface area contributed by atoms with Crippen molar-refractivity contribution in [2.45, 2.75) is 334 Å². The van der Waals surface area contributed by atoms with Crippen molar-refractivity contribution >= 4 is 5.91 Å².